The van der Waals surface area contributed by atoms with Gasteiger partial charge in [0.25, 0.3) is 5.91 Å². The molecule has 0 spiro atoms. The number of oxime groups is 1. The van der Waals surface area contributed by atoms with E-state index in [0.717, 1.165) is 23.1 Å². The van der Waals surface area contributed by atoms with Crippen LogP contribution in [0, 0.1) is 5.41 Å². The largest absolute Gasteiger partial charge is 0.477 e. The topological polar surface area (TPSA) is 242 Å². The van der Waals surface area contributed by atoms with Crippen LogP contribution in [-0.2, 0) is 31.0 Å². The van der Waals surface area contributed by atoms with Gasteiger partial charge in [-0.3, -0.25) is 19.2 Å². The van der Waals surface area contributed by atoms with Gasteiger partial charge in [-0.25, -0.2) is 14.5 Å². The van der Waals surface area contributed by atoms with Gasteiger partial charge >= 0.3 is 23.4 Å². The molecular weight excluding hydrogens is 629 g/mol. The molecule has 43 heavy (non-hydrogen) atoms. The lowest BCUT2D eigenvalue weighted by Crippen LogP contribution is -2.70. The van der Waals surface area contributed by atoms with Crippen molar-refractivity contribution in [3.63, 3.8) is 0 Å². The summed E-state index contributed by atoms with van der Waals surface area (Å²) in [4.78, 5) is 71.6. The van der Waals surface area contributed by atoms with Crippen molar-refractivity contribution in [2.45, 2.75) is 38.0 Å². The SMILES string of the molecule is Cn1nc(OCOC(=O)C(C)(C)C)c(=O)nc1SCC1=C(C(=O)O)N2C[C@@H](NC(=O)/C(=N\O)c3csc(N)n3)[C@@H]2C(=O)S1. The molecule has 2 aliphatic rings. The van der Waals surface area contributed by atoms with Gasteiger partial charge in [-0.2, -0.15) is 4.98 Å². The lowest BCUT2D eigenvalue weighted by molar-refractivity contribution is -0.160. The van der Waals surface area contributed by atoms with Crippen LogP contribution in [0.25, 0.3) is 0 Å². The number of carboxylic acids is 1. The number of nitrogen functional groups attached to an aromatic ring is 1. The number of hydrogen-bond acceptors (Lipinski definition) is 17. The Labute approximate surface area is 255 Å². The van der Waals surface area contributed by atoms with Crippen molar-refractivity contribution in [3.8, 4) is 5.88 Å². The fourth-order valence-electron chi connectivity index (χ4n) is 3.86. The molecular formula is C23H26N8O9S3. The molecule has 230 valence electrons. The maximum Gasteiger partial charge on any atom is 0.353 e. The van der Waals surface area contributed by atoms with Crippen LogP contribution in [0.3, 0.4) is 0 Å². The second-order valence-corrected chi connectivity index (χ2v) is 13.0. The quantitative estimate of drug-likeness (QED) is 0.0650. The number of ether oxygens (including phenoxy) is 2. The van der Waals surface area contributed by atoms with Crippen LogP contribution in [0.1, 0.15) is 26.5 Å². The summed E-state index contributed by atoms with van der Waals surface area (Å²) in [5.74, 6) is -3.05. The van der Waals surface area contributed by atoms with Crippen molar-refractivity contribution in [2.75, 3.05) is 24.8 Å². The third-order valence-corrected chi connectivity index (χ3v) is 8.88. The number of aliphatic carboxylic acids is 1. The number of carbonyl (C=O) groups is 4. The van der Waals surface area contributed by atoms with Gasteiger partial charge in [-0.1, -0.05) is 28.7 Å². The van der Waals surface area contributed by atoms with E-state index in [4.69, 9.17) is 15.2 Å². The summed E-state index contributed by atoms with van der Waals surface area (Å²) in [6, 6.07) is -1.73. The second-order valence-electron chi connectivity index (χ2n) is 10.1. The number of nitrogens with two attached hydrogens (primary N) is 1. The summed E-state index contributed by atoms with van der Waals surface area (Å²) in [6.07, 6.45) is 0. The van der Waals surface area contributed by atoms with E-state index in [1.165, 1.54) is 22.0 Å². The van der Waals surface area contributed by atoms with Crippen LogP contribution < -0.4 is 21.3 Å². The standard InChI is InChI=1S/C23H26N8O9S3/c1-23(2,3)20(37)40-8-39-17-16(33)27-22(30(4)28-17)42-7-11-14(18(34)35)31-5-9(13(31)19(36)43-11)25-15(32)12(29-38)10-6-41-21(24)26-10/h6,9,13,38H,5,7-8H2,1-4H3,(H2,24,26)(H,25,32)(H,34,35)/b29-12-/t9-,13-/m1/s1. The number of esters is 1. The van der Waals surface area contributed by atoms with Crippen molar-refractivity contribution in [3.05, 3.63) is 32.0 Å². The number of rotatable bonds is 10. The molecule has 2 aromatic heterocycles. The first-order valence-electron chi connectivity index (χ1n) is 12.3. The molecule has 17 nitrogen and oxygen atoms in total. The van der Waals surface area contributed by atoms with Crippen LogP contribution in [0.2, 0.25) is 0 Å². The molecule has 1 fully saturated rings. The minimum atomic E-state index is -1.28. The Kier molecular flexibility index (Phi) is 9.30. The number of carbonyl (C=O) groups excluding carboxylic acids is 3. The highest BCUT2D eigenvalue weighted by Gasteiger charge is 2.51. The van der Waals surface area contributed by atoms with Crippen molar-refractivity contribution < 1.29 is 39.0 Å². The number of thiazole rings is 1. The molecule has 0 aromatic carbocycles. The highest BCUT2D eigenvalue weighted by Crippen LogP contribution is 2.41. The van der Waals surface area contributed by atoms with Crippen molar-refractivity contribution in [1.82, 2.24) is 30.0 Å². The average molecular weight is 655 g/mol. The number of anilines is 1. The molecule has 1 saturated heterocycles. The molecule has 4 rings (SSSR count). The van der Waals surface area contributed by atoms with E-state index in [-0.39, 0.29) is 38.9 Å². The molecule has 20 heteroatoms. The summed E-state index contributed by atoms with van der Waals surface area (Å²) < 4.78 is 11.4. The Morgan fingerprint density at radius 2 is 2.00 bits per heavy atom. The summed E-state index contributed by atoms with van der Waals surface area (Å²) in [5, 5.41) is 30.1. The maximum absolute atomic E-state index is 13.0. The lowest BCUT2D eigenvalue weighted by atomic mass is 9.95. The first kappa shape index (κ1) is 31.8. The Hall–Kier alpha value is -4.17. The molecule has 2 aliphatic heterocycles. The van der Waals surface area contributed by atoms with Crippen molar-refractivity contribution in [2.24, 2.45) is 17.6 Å². The smallest absolute Gasteiger partial charge is 0.353 e. The van der Waals surface area contributed by atoms with E-state index < -0.39 is 64.4 Å². The molecule has 2 atom stereocenters. The zero-order valence-electron chi connectivity index (χ0n) is 23.1. The summed E-state index contributed by atoms with van der Waals surface area (Å²) in [7, 11) is 1.48. The van der Waals surface area contributed by atoms with Crippen molar-refractivity contribution in [1.29, 1.82) is 0 Å². The molecule has 0 aliphatic carbocycles. The highest BCUT2D eigenvalue weighted by atomic mass is 32.2. The number of nitrogens with zero attached hydrogens (tertiary/aromatic N) is 6. The summed E-state index contributed by atoms with van der Waals surface area (Å²) in [6.45, 7) is 4.45. The van der Waals surface area contributed by atoms with Gasteiger partial charge in [-0.15, -0.1) is 16.4 Å². The average Bonchev–Trinajstić information content (AvgIpc) is 3.33. The van der Waals surface area contributed by atoms with E-state index in [1.807, 2.05) is 0 Å². The number of aromatic nitrogens is 4. The fourth-order valence-corrected chi connectivity index (χ4v) is 6.55. The number of nitrogens with one attached hydrogen (secondary N) is 1. The third kappa shape index (κ3) is 6.91. The molecule has 4 heterocycles. The Balaban J connectivity index is 1.42. The minimum absolute atomic E-state index is 0.000530. The zero-order valence-corrected chi connectivity index (χ0v) is 25.5. The van der Waals surface area contributed by atoms with Gasteiger partial charge in [0, 0.05) is 29.6 Å². The monoisotopic (exact) mass is 654 g/mol. The second kappa shape index (κ2) is 12.6. The van der Waals surface area contributed by atoms with Gasteiger partial charge in [0.15, 0.2) is 16.0 Å². The van der Waals surface area contributed by atoms with Crippen LogP contribution in [0.4, 0.5) is 5.13 Å². The normalized spacial score (nSPS) is 18.6. The minimum Gasteiger partial charge on any atom is -0.477 e. The molecule has 5 N–H and O–H groups in total. The zero-order chi connectivity index (χ0) is 31.6. The number of amides is 1. The van der Waals surface area contributed by atoms with Gasteiger partial charge in [0.1, 0.15) is 17.4 Å². The third-order valence-electron chi connectivity index (χ3n) is 5.95. The van der Waals surface area contributed by atoms with Crippen LogP contribution in [0.15, 0.2) is 31.1 Å². The molecule has 0 saturated carbocycles. The highest BCUT2D eigenvalue weighted by molar-refractivity contribution is 8.18. The van der Waals surface area contributed by atoms with E-state index in [9.17, 15) is 34.3 Å². The first-order valence-corrected chi connectivity index (χ1v) is 15.0. The predicted octanol–water partition coefficient (Wildman–Crippen LogP) is -0.151. The fraction of sp³-hybridized carbons (Fsp3) is 0.435. The van der Waals surface area contributed by atoms with Crippen LogP contribution in [0.5, 0.6) is 5.88 Å². The van der Waals surface area contributed by atoms with Crippen LogP contribution >= 0.6 is 34.9 Å². The van der Waals surface area contributed by atoms with Gasteiger partial charge in [0.2, 0.25) is 11.9 Å². The maximum atomic E-state index is 13.0. The van der Waals surface area contributed by atoms with E-state index >= 15 is 0 Å². The molecule has 1 amide bonds. The summed E-state index contributed by atoms with van der Waals surface area (Å²) in [5.41, 5.74) is 3.50. The van der Waals surface area contributed by atoms with Gasteiger partial charge in [0.05, 0.1) is 11.5 Å². The summed E-state index contributed by atoms with van der Waals surface area (Å²) >= 11 is 2.73. The Morgan fingerprint density at radius 3 is 2.60 bits per heavy atom. The molecule has 0 bridgehead atoms. The van der Waals surface area contributed by atoms with E-state index in [2.05, 4.69) is 25.5 Å². The number of carboxylic acid groups (broad SMARTS) is 1. The lowest BCUT2D eigenvalue weighted by Gasteiger charge is -2.50. The number of hydrogen-bond donors (Lipinski definition) is 4. The van der Waals surface area contributed by atoms with E-state index in [0.29, 0.717) is 11.8 Å². The van der Waals surface area contributed by atoms with E-state index in [1.54, 1.807) is 20.8 Å². The number of fused-ring (bicyclic) bond motifs is 1. The van der Waals surface area contributed by atoms with Crippen molar-refractivity contribution >= 4 is 68.7 Å². The van der Waals surface area contributed by atoms with Gasteiger partial charge in [-0.05, 0) is 20.8 Å². The Bertz CT molecular complexity index is 1600. The first-order chi connectivity index (χ1) is 20.2. The van der Waals surface area contributed by atoms with Crippen LogP contribution in [-0.4, -0.2) is 94.8 Å². The number of thioether (sulfide) groups is 2. The van der Waals surface area contributed by atoms with Gasteiger partial charge < -0.3 is 35.7 Å². The molecule has 2 aromatic rings. The molecule has 0 radical (unpaired) electrons. The number of aryl methyl sites for hydroxylation is 1. The predicted molar refractivity (Wildman–Crippen MR) is 154 cm³/mol. The Morgan fingerprint density at radius 1 is 1.28 bits per heavy atom. The molecule has 0 unspecified atom stereocenters.